The minimum absolute atomic E-state index is 0.179. The first-order valence-electron chi connectivity index (χ1n) is 9.26. The van der Waals surface area contributed by atoms with Gasteiger partial charge in [0, 0.05) is 5.25 Å². The lowest BCUT2D eigenvalue weighted by Gasteiger charge is -2.19. The van der Waals surface area contributed by atoms with Crippen LogP contribution in [0.1, 0.15) is 34.8 Å². The highest BCUT2D eigenvalue weighted by molar-refractivity contribution is 8.12. The minimum Gasteiger partial charge on any atom is -0.503 e. The molecular weight excluding hydrogens is 384 g/mol. The van der Waals surface area contributed by atoms with Gasteiger partial charge in [-0.1, -0.05) is 24.3 Å². The summed E-state index contributed by atoms with van der Waals surface area (Å²) in [6.45, 7) is 0. The molecule has 1 fully saturated rings. The van der Waals surface area contributed by atoms with Crippen LogP contribution in [0.25, 0.3) is 5.57 Å². The van der Waals surface area contributed by atoms with Crippen molar-refractivity contribution in [3.8, 4) is 6.07 Å². The molecule has 0 spiro atoms. The number of carbonyl (C=O) groups excluding carboxylic acids is 1. The number of aliphatic imine (C=N–C) groups is 1. The van der Waals surface area contributed by atoms with Crippen LogP contribution in [0, 0.1) is 17.2 Å². The van der Waals surface area contributed by atoms with Crippen molar-refractivity contribution in [1.82, 2.24) is 0 Å². The number of hydrogen-bond donors (Lipinski definition) is 0. The average molecular weight is 407 g/mol. The number of nitrogens with zero attached hydrogens (tertiary/aromatic N) is 2. The fourth-order valence-corrected chi connectivity index (χ4v) is 4.22. The maximum absolute atomic E-state index is 12.3. The van der Waals surface area contributed by atoms with Crippen LogP contribution >= 0.6 is 11.8 Å². The Bertz CT molecular complexity index is 957. The van der Waals surface area contributed by atoms with Gasteiger partial charge < -0.3 is 9.47 Å². The second-order valence-electron chi connectivity index (χ2n) is 6.63. The Kier molecular flexibility index (Phi) is 7.09. The molecule has 1 saturated carbocycles. The van der Waals surface area contributed by atoms with Crippen molar-refractivity contribution in [2.45, 2.75) is 18.1 Å². The van der Waals surface area contributed by atoms with Crippen LogP contribution in [0.3, 0.4) is 0 Å². The van der Waals surface area contributed by atoms with Gasteiger partial charge in [0.25, 0.3) is 0 Å². The van der Waals surface area contributed by atoms with E-state index in [-0.39, 0.29) is 5.25 Å². The molecule has 6 heteroatoms. The van der Waals surface area contributed by atoms with Crippen molar-refractivity contribution < 1.29 is 14.3 Å². The molecule has 3 rings (SSSR count). The Labute approximate surface area is 175 Å². The zero-order valence-corrected chi connectivity index (χ0v) is 17.2. The topological polar surface area (TPSA) is 71.7 Å². The van der Waals surface area contributed by atoms with E-state index in [1.54, 1.807) is 23.9 Å². The molecule has 0 bridgehead atoms. The van der Waals surface area contributed by atoms with E-state index in [0.717, 1.165) is 29.7 Å². The summed E-state index contributed by atoms with van der Waals surface area (Å²) in [6, 6.07) is 17.1. The molecular formula is C23H22N2O3S. The third-order valence-corrected chi connectivity index (χ3v) is 5.81. The first-order valence-corrected chi connectivity index (χ1v) is 10.2. The zero-order chi connectivity index (χ0) is 20.6. The van der Waals surface area contributed by atoms with Crippen molar-refractivity contribution >= 4 is 34.5 Å². The van der Waals surface area contributed by atoms with E-state index in [4.69, 9.17) is 14.7 Å². The average Bonchev–Trinajstić information content (AvgIpc) is 3.60. The molecule has 2 aromatic carbocycles. The molecule has 148 valence electrons. The van der Waals surface area contributed by atoms with Crippen molar-refractivity contribution in [2.75, 3.05) is 14.2 Å². The Morgan fingerprint density at radius 2 is 1.93 bits per heavy atom. The Morgan fingerprint density at radius 3 is 2.55 bits per heavy atom. The van der Waals surface area contributed by atoms with E-state index >= 15 is 0 Å². The molecule has 29 heavy (non-hydrogen) atoms. The van der Waals surface area contributed by atoms with Crippen LogP contribution in [-0.4, -0.2) is 25.7 Å². The molecule has 0 aromatic heterocycles. The number of rotatable bonds is 8. The maximum atomic E-state index is 12.3. The molecule has 1 unspecified atom stereocenters. The first-order chi connectivity index (χ1) is 14.2. The fraction of sp³-hybridized carbons (Fsp3) is 0.261. The van der Waals surface area contributed by atoms with Gasteiger partial charge in [-0.2, -0.15) is 5.26 Å². The van der Waals surface area contributed by atoms with Crippen molar-refractivity contribution in [2.24, 2.45) is 10.9 Å². The lowest BCUT2D eigenvalue weighted by Crippen LogP contribution is -2.09. The van der Waals surface area contributed by atoms with Gasteiger partial charge in [-0.25, -0.2) is 4.79 Å². The summed E-state index contributed by atoms with van der Waals surface area (Å²) < 4.78 is 10.1. The van der Waals surface area contributed by atoms with Gasteiger partial charge in [-0.15, -0.1) is 11.8 Å². The van der Waals surface area contributed by atoms with E-state index in [9.17, 15) is 4.79 Å². The summed E-state index contributed by atoms with van der Waals surface area (Å²) in [5, 5.41) is 9.08. The summed E-state index contributed by atoms with van der Waals surface area (Å²) >= 11 is 1.64. The molecule has 0 amide bonds. The predicted octanol–water partition coefficient (Wildman–Crippen LogP) is 5.26. The Balaban J connectivity index is 1.86. The summed E-state index contributed by atoms with van der Waals surface area (Å²) in [5.41, 5.74) is 5.55. The lowest BCUT2D eigenvalue weighted by atomic mass is 9.96. The second-order valence-corrected chi connectivity index (χ2v) is 7.62. The molecule has 5 nitrogen and oxygen atoms in total. The number of esters is 1. The number of nitriles is 1. The predicted molar refractivity (Wildman–Crippen MR) is 116 cm³/mol. The Morgan fingerprint density at radius 1 is 1.21 bits per heavy atom. The quantitative estimate of drug-likeness (QED) is 0.196. The number of thioether (sulfide) groups is 1. The van der Waals surface area contributed by atoms with E-state index in [1.807, 2.05) is 41.9 Å². The molecule has 2 aromatic rings. The summed E-state index contributed by atoms with van der Waals surface area (Å²) in [6.07, 6.45) is 3.74. The van der Waals surface area contributed by atoms with Crippen molar-refractivity contribution in [3.63, 3.8) is 0 Å². The van der Waals surface area contributed by atoms with Crippen LogP contribution in [0.15, 0.2) is 59.8 Å². The SMILES string of the molecule is COC=C(C(=O)OC)c1ccccc1C(SC=Nc1ccc(C#N)cc1)C1CC1. The molecule has 1 atom stereocenters. The number of carbonyl (C=O) groups is 1. The van der Waals surface area contributed by atoms with Crippen molar-refractivity contribution in [1.29, 1.82) is 5.26 Å². The highest BCUT2D eigenvalue weighted by Crippen LogP contribution is 2.50. The van der Waals surface area contributed by atoms with Crippen LogP contribution in [0.5, 0.6) is 0 Å². The standard InChI is InChI=1S/C23H22N2O3S/c1-27-14-21(23(26)28-2)19-5-3-4-6-20(19)22(17-9-10-17)29-15-25-18-11-7-16(13-24)8-12-18/h3-8,11-12,14-15,17,22H,9-10H2,1-2H3. The van der Waals surface area contributed by atoms with Crippen LogP contribution in [0.2, 0.25) is 0 Å². The van der Waals surface area contributed by atoms with E-state index in [2.05, 4.69) is 11.1 Å². The second kappa shape index (κ2) is 9.94. The normalized spacial score (nSPS) is 15.0. The maximum Gasteiger partial charge on any atom is 0.341 e. The van der Waals surface area contributed by atoms with Gasteiger partial charge in [-0.05, 0) is 54.2 Å². The third-order valence-electron chi connectivity index (χ3n) is 4.65. The summed E-state index contributed by atoms with van der Waals surface area (Å²) in [4.78, 5) is 16.8. The molecule has 0 radical (unpaired) electrons. The third kappa shape index (κ3) is 5.27. The monoisotopic (exact) mass is 406 g/mol. The zero-order valence-electron chi connectivity index (χ0n) is 16.4. The van der Waals surface area contributed by atoms with E-state index in [0.29, 0.717) is 17.1 Å². The van der Waals surface area contributed by atoms with Gasteiger partial charge in [-0.3, -0.25) is 4.99 Å². The largest absolute Gasteiger partial charge is 0.503 e. The molecule has 1 aliphatic rings. The van der Waals surface area contributed by atoms with Gasteiger partial charge >= 0.3 is 5.97 Å². The molecule has 0 aliphatic heterocycles. The highest BCUT2D eigenvalue weighted by atomic mass is 32.2. The highest BCUT2D eigenvalue weighted by Gasteiger charge is 2.34. The number of methoxy groups -OCH3 is 2. The smallest absolute Gasteiger partial charge is 0.341 e. The van der Waals surface area contributed by atoms with Crippen LogP contribution < -0.4 is 0 Å². The summed E-state index contributed by atoms with van der Waals surface area (Å²) in [7, 11) is 2.88. The van der Waals surface area contributed by atoms with Gasteiger partial charge in [0.1, 0.15) is 5.57 Å². The van der Waals surface area contributed by atoms with E-state index in [1.165, 1.54) is 20.5 Å². The Hall–Kier alpha value is -3.04. The minimum atomic E-state index is -0.426. The molecule has 0 heterocycles. The van der Waals surface area contributed by atoms with E-state index < -0.39 is 5.97 Å². The molecule has 1 aliphatic carbocycles. The van der Waals surface area contributed by atoms with Gasteiger partial charge in [0.05, 0.1) is 43.3 Å². The fourth-order valence-electron chi connectivity index (χ4n) is 3.06. The van der Waals surface area contributed by atoms with Gasteiger partial charge in [0.2, 0.25) is 0 Å². The molecule has 0 N–H and O–H groups in total. The van der Waals surface area contributed by atoms with Crippen molar-refractivity contribution in [3.05, 3.63) is 71.5 Å². The lowest BCUT2D eigenvalue weighted by molar-refractivity contribution is -0.133. The number of hydrogen-bond acceptors (Lipinski definition) is 6. The summed E-state index contributed by atoms with van der Waals surface area (Å²) in [5.74, 6) is 0.111. The number of ether oxygens (including phenoxy) is 2. The molecule has 0 saturated heterocycles. The number of benzene rings is 2. The van der Waals surface area contributed by atoms with Gasteiger partial charge in [0.15, 0.2) is 0 Å². The van der Waals surface area contributed by atoms with Crippen LogP contribution in [-0.2, 0) is 14.3 Å². The first kappa shape index (κ1) is 20.7. The van der Waals surface area contributed by atoms with Crippen LogP contribution in [0.4, 0.5) is 5.69 Å².